The van der Waals surface area contributed by atoms with E-state index in [9.17, 15) is 4.79 Å². The summed E-state index contributed by atoms with van der Waals surface area (Å²) in [6.45, 7) is 0.577. The summed E-state index contributed by atoms with van der Waals surface area (Å²) in [5, 5.41) is 0.237. The Balaban J connectivity index is 1.58. The molecular formula is C17H16ClN5O2. The lowest BCUT2D eigenvalue weighted by molar-refractivity contribution is -0.123. The van der Waals surface area contributed by atoms with Gasteiger partial charge in [-0.1, -0.05) is 23.7 Å². The average Bonchev–Trinajstić information content (AvgIpc) is 3.07. The van der Waals surface area contributed by atoms with Crippen molar-refractivity contribution in [2.45, 2.75) is 25.0 Å². The van der Waals surface area contributed by atoms with Crippen LogP contribution in [0, 0.1) is 0 Å². The van der Waals surface area contributed by atoms with E-state index in [1.54, 1.807) is 11.1 Å². The number of carbonyl (C=O) groups excluding carboxylic acids is 1. The van der Waals surface area contributed by atoms with Crippen LogP contribution in [0.4, 0.5) is 0 Å². The number of aromatic nitrogens is 4. The Morgan fingerprint density at radius 2 is 2.12 bits per heavy atom. The second kappa shape index (κ2) is 6.68. The zero-order chi connectivity index (χ0) is 17.2. The van der Waals surface area contributed by atoms with Gasteiger partial charge >= 0.3 is 0 Å². The van der Waals surface area contributed by atoms with Crippen molar-refractivity contribution in [1.82, 2.24) is 24.8 Å². The Bertz CT molecular complexity index is 866. The average molecular weight is 358 g/mol. The molecule has 0 bridgehead atoms. The summed E-state index contributed by atoms with van der Waals surface area (Å²) in [7, 11) is 0. The van der Waals surface area contributed by atoms with E-state index in [0.29, 0.717) is 25.3 Å². The summed E-state index contributed by atoms with van der Waals surface area (Å²) in [4.78, 5) is 29.3. The van der Waals surface area contributed by atoms with Crippen LogP contribution in [0.25, 0.3) is 11.0 Å². The molecule has 2 aromatic heterocycles. The lowest BCUT2D eigenvalue weighted by Crippen LogP contribution is -2.40. The summed E-state index contributed by atoms with van der Waals surface area (Å²) < 4.78 is 5.91. The van der Waals surface area contributed by atoms with Crippen LogP contribution < -0.4 is 4.74 Å². The van der Waals surface area contributed by atoms with Gasteiger partial charge in [-0.2, -0.15) is 0 Å². The van der Waals surface area contributed by atoms with Crippen molar-refractivity contribution < 1.29 is 9.53 Å². The van der Waals surface area contributed by atoms with Gasteiger partial charge in [-0.15, -0.1) is 0 Å². The van der Waals surface area contributed by atoms with Gasteiger partial charge in [-0.25, -0.2) is 15.0 Å². The molecule has 7 nitrogen and oxygen atoms in total. The van der Waals surface area contributed by atoms with Crippen LogP contribution in [0.15, 0.2) is 36.7 Å². The van der Waals surface area contributed by atoms with Crippen LogP contribution in [0.5, 0.6) is 5.88 Å². The number of nitrogens with zero attached hydrogens (tertiary/aromatic N) is 4. The Morgan fingerprint density at radius 3 is 2.92 bits per heavy atom. The molecule has 1 aromatic carbocycles. The number of nitrogens with one attached hydrogen (secondary N) is 1. The zero-order valence-corrected chi connectivity index (χ0v) is 14.1. The number of carbonyl (C=O) groups is 1. The van der Waals surface area contributed by atoms with E-state index in [0.717, 1.165) is 23.3 Å². The first-order valence-electron chi connectivity index (χ1n) is 8.03. The molecule has 1 fully saturated rings. The maximum atomic E-state index is 11.5. The van der Waals surface area contributed by atoms with Crippen LogP contribution in [-0.2, 0) is 4.79 Å². The number of amides is 1. The third-order valence-corrected chi connectivity index (χ3v) is 4.61. The lowest BCUT2D eigenvalue weighted by Gasteiger charge is -2.35. The summed E-state index contributed by atoms with van der Waals surface area (Å²) in [5.74, 6) is 1.07. The highest BCUT2D eigenvalue weighted by Crippen LogP contribution is 2.32. The summed E-state index contributed by atoms with van der Waals surface area (Å²) in [6, 6.07) is 7.61. The number of likely N-dealkylation sites (tertiary alicyclic amines) is 1. The molecule has 1 amide bonds. The van der Waals surface area contributed by atoms with Crippen LogP contribution in [0.1, 0.15) is 24.7 Å². The van der Waals surface area contributed by atoms with Crippen LogP contribution in [0.2, 0.25) is 5.15 Å². The van der Waals surface area contributed by atoms with Gasteiger partial charge in [0.15, 0.2) is 5.15 Å². The van der Waals surface area contributed by atoms with Gasteiger partial charge in [0.25, 0.3) is 5.88 Å². The lowest BCUT2D eigenvalue weighted by atomic mass is 9.99. The number of piperidine rings is 1. The Hall–Kier alpha value is -2.67. The largest absolute Gasteiger partial charge is 0.472 e. The molecule has 4 rings (SSSR count). The van der Waals surface area contributed by atoms with Crippen molar-refractivity contribution in [2.75, 3.05) is 6.54 Å². The highest BCUT2D eigenvalue weighted by atomic mass is 35.5. The quantitative estimate of drug-likeness (QED) is 0.726. The molecule has 2 atom stereocenters. The van der Waals surface area contributed by atoms with E-state index < -0.39 is 0 Å². The zero-order valence-electron chi connectivity index (χ0n) is 13.3. The predicted molar refractivity (Wildman–Crippen MR) is 92.3 cm³/mol. The first-order valence-corrected chi connectivity index (χ1v) is 8.41. The van der Waals surface area contributed by atoms with E-state index in [1.165, 1.54) is 6.20 Å². The van der Waals surface area contributed by atoms with Gasteiger partial charge in [0.05, 0.1) is 17.1 Å². The monoisotopic (exact) mass is 357 g/mol. The molecule has 25 heavy (non-hydrogen) atoms. The number of aromatic amines is 1. The van der Waals surface area contributed by atoms with Gasteiger partial charge in [0, 0.05) is 31.8 Å². The maximum Gasteiger partial charge on any atom is 0.252 e. The molecule has 1 aliphatic heterocycles. The van der Waals surface area contributed by atoms with Crippen molar-refractivity contribution >= 4 is 29.0 Å². The third-order valence-electron chi connectivity index (χ3n) is 4.36. The molecule has 1 saturated heterocycles. The first-order chi connectivity index (χ1) is 12.2. The van der Waals surface area contributed by atoms with Crippen LogP contribution in [0.3, 0.4) is 0 Å². The fourth-order valence-corrected chi connectivity index (χ4v) is 3.28. The molecule has 0 spiro atoms. The molecule has 1 aliphatic rings. The van der Waals surface area contributed by atoms with Gasteiger partial charge in [-0.05, 0) is 12.1 Å². The molecule has 0 saturated carbocycles. The Kier molecular flexibility index (Phi) is 4.23. The molecule has 1 N–H and O–H groups in total. The van der Waals surface area contributed by atoms with E-state index in [2.05, 4.69) is 19.9 Å². The highest BCUT2D eigenvalue weighted by Gasteiger charge is 2.32. The molecule has 3 heterocycles. The van der Waals surface area contributed by atoms with Gasteiger partial charge < -0.3 is 14.6 Å². The van der Waals surface area contributed by atoms with Crippen molar-refractivity contribution in [3.05, 3.63) is 47.6 Å². The van der Waals surface area contributed by atoms with E-state index in [-0.39, 0.29) is 17.3 Å². The number of ether oxygens (including phenoxy) is 1. The van der Waals surface area contributed by atoms with Crippen molar-refractivity contribution in [2.24, 2.45) is 0 Å². The van der Waals surface area contributed by atoms with Crippen molar-refractivity contribution in [3.63, 3.8) is 0 Å². The van der Waals surface area contributed by atoms with Crippen LogP contribution in [-0.4, -0.2) is 43.9 Å². The van der Waals surface area contributed by atoms with E-state index in [4.69, 9.17) is 16.3 Å². The SMILES string of the molecule is O=CN1CC[C@@H](Oc2nccnc2Cl)C[C@@H]1c1nc2ccccc2[nH]1. The number of rotatable bonds is 4. The topological polar surface area (TPSA) is 84.0 Å². The van der Waals surface area contributed by atoms with Gasteiger partial charge in [0.2, 0.25) is 6.41 Å². The summed E-state index contributed by atoms with van der Waals surface area (Å²) in [6.07, 6.45) is 5.10. The third kappa shape index (κ3) is 3.15. The number of hydrogen-bond donors (Lipinski definition) is 1. The Morgan fingerprint density at radius 1 is 1.28 bits per heavy atom. The molecule has 0 radical (unpaired) electrons. The van der Waals surface area contributed by atoms with E-state index in [1.807, 2.05) is 24.3 Å². The first kappa shape index (κ1) is 15.8. The van der Waals surface area contributed by atoms with E-state index >= 15 is 0 Å². The number of fused-ring (bicyclic) bond motifs is 1. The molecular weight excluding hydrogens is 342 g/mol. The molecule has 3 aromatic rings. The molecule has 0 aliphatic carbocycles. The summed E-state index contributed by atoms with van der Waals surface area (Å²) >= 11 is 6.02. The highest BCUT2D eigenvalue weighted by molar-refractivity contribution is 6.30. The number of hydrogen-bond acceptors (Lipinski definition) is 5. The maximum absolute atomic E-state index is 11.5. The van der Waals surface area contributed by atoms with Gasteiger partial charge in [0.1, 0.15) is 11.9 Å². The number of imidazole rings is 1. The minimum atomic E-state index is -0.181. The fourth-order valence-electron chi connectivity index (χ4n) is 3.13. The molecule has 128 valence electrons. The fraction of sp³-hybridized carbons (Fsp3) is 0.294. The number of benzene rings is 1. The van der Waals surface area contributed by atoms with Crippen LogP contribution >= 0.6 is 11.6 Å². The van der Waals surface area contributed by atoms with Gasteiger partial charge in [-0.3, -0.25) is 4.79 Å². The molecule has 8 heteroatoms. The van der Waals surface area contributed by atoms with Crippen molar-refractivity contribution in [3.8, 4) is 5.88 Å². The second-order valence-corrected chi connectivity index (χ2v) is 6.27. The Labute approximate surface area is 149 Å². The minimum Gasteiger partial charge on any atom is -0.472 e. The number of para-hydroxylation sites is 2. The summed E-state index contributed by atoms with van der Waals surface area (Å²) in [5.41, 5.74) is 1.83. The smallest absolute Gasteiger partial charge is 0.252 e. The normalized spacial score (nSPS) is 20.6. The standard InChI is InChI=1S/C17H16ClN5O2/c18-15-17(20-7-6-19-15)25-11-5-8-23(10-24)14(9-11)16-21-12-3-1-2-4-13(12)22-16/h1-4,6-7,10-11,14H,5,8-9H2,(H,21,22)/t11-,14-/m1/s1. The predicted octanol–water partition coefficient (Wildman–Crippen LogP) is 2.75. The molecule has 0 unspecified atom stereocenters. The number of H-pyrrole nitrogens is 1. The number of halogens is 1. The second-order valence-electron chi connectivity index (χ2n) is 5.91. The minimum absolute atomic E-state index is 0.122. The van der Waals surface area contributed by atoms with Crippen molar-refractivity contribution in [1.29, 1.82) is 0 Å².